The van der Waals surface area contributed by atoms with Crippen LogP contribution >= 0.6 is 15.9 Å². The largest absolute Gasteiger partial charge is 0.496 e. The summed E-state index contributed by atoms with van der Waals surface area (Å²) in [6.45, 7) is 0.277. The molecule has 19 heavy (non-hydrogen) atoms. The monoisotopic (exact) mass is 327 g/mol. The highest BCUT2D eigenvalue weighted by molar-refractivity contribution is 9.10. The first-order valence-corrected chi connectivity index (χ1v) is 6.41. The second kappa shape index (κ2) is 6.02. The molecule has 0 saturated carbocycles. The second-order valence-corrected chi connectivity index (χ2v) is 4.83. The van der Waals surface area contributed by atoms with E-state index >= 15 is 0 Å². The molecule has 2 aromatic carbocycles. The Morgan fingerprint density at radius 3 is 2.42 bits per heavy atom. The number of hydrogen-bond acceptors (Lipinski definition) is 2. The first-order valence-electron chi connectivity index (χ1n) is 5.62. The molecule has 0 fully saturated rings. The van der Waals surface area contributed by atoms with Crippen molar-refractivity contribution < 1.29 is 13.5 Å². The van der Waals surface area contributed by atoms with Gasteiger partial charge in [0, 0.05) is 16.6 Å². The number of methoxy groups -OCH3 is 1. The summed E-state index contributed by atoms with van der Waals surface area (Å²) < 4.78 is 32.8. The fourth-order valence-corrected chi connectivity index (χ4v) is 2.15. The van der Waals surface area contributed by atoms with Gasteiger partial charge in [-0.2, -0.15) is 0 Å². The Hall–Kier alpha value is -1.62. The van der Waals surface area contributed by atoms with E-state index in [1.54, 1.807) is 13.2 Å². The van der Waals surface area contributed by atoms with Crippen molar-refractivity contribution in [3.05, 3.63) is 58.1 Å². The molecule has 100 valence electrons. The quantitative estimate of drug-likeness (QED) is 0.901. The van der Waals surface area contributed by atoms with Gasteiger partial charge in [-0.25, -0.2) is 8.78 Å². The molecule has 0 bridgehead atoms. The van der Waals surface area contributed by atoms with Crippen molar-refractivity contribution in [3.8, 4) is 5.75 Å². The molecule has 2 rings (SSSR count). The summed E-state index contributed by atoms with van der Waals surface area (Å²) in [5.74, 6) is -0.600. The molecule has 0 amide bonds. The number of benzene rings is 2. The number of anilines is 1. The van der Waals surface area contributed by atoms with Crippen molar-refractivity contribution >= 4 is 21.6 Å². The molecule has 0 aliphatic carbocycles. The Morgan fingerprint density at radius 2 is 1.79 bits per heavy atom. The van der Waals surface area contributed by atoms with Crippen molar-refractivity contribution in [1.82, 2.24) is 0 Å². The minimum absolute atomic E-state index is 0.144. The topological polar surface area (TPSA) is 21.3 Å². The average Bonchev–Trinajstić information content (AvgIpc) is 2.38. The maximum Gasteiger partial charge on any atom is 0.150 e. The molecule has 0 heterocycles. The first kappa shape index (κ1) is 13.8. The van der Waals surface area contributed by atoms with Gasteiger partial charge in [0.1, 0.15) is 23.1 Å². The summed E-state index contributed by atoms with van der Waals surface area (Å²) in [4.78, 5) is 0. The van der Waals surface area contributed by atoms with E-state index in [1.807, 2.05) is 18.2 Å². The predicted molar refractivity (Wildman–Crippen MR) is 74.4 cm³/mol. The molecule has 0 radical (unpaired) electrons. The molecular formula is C14H12BrF2NO. The summed E-state index contributed by atoms with van der Waals surface area (Å²) in [7, 11) is 1.56. The second-order valence-electron chi connectivity index (χ2n) is 3.91. The van der Waals surface area contributed by atoms with Gasteiger partial charge in [0.05, 0.1) is 7.11 Å². The highest BCUT2D eigenvalue weighted by Crippen LogP contribution is 2.25. The predicted octanol–water partition coefficient (Wildman–Crippen LogP) is 4.35. The van der Waals surface area contributed by atoms with E-state index < -0.39 is 11.6 Å². The maximum absolute atomic E-state index is 13.6. The minimum atomic E-state index is -0.637. The first-order chi connectivity index (χ1) is 9.11. The molecule has 0 atom stereocenters. The number of ether oxygens (including phenoxy) is 1. The zero-order valence-corrected chi connectivity index (χ0v) is 11.8. The summed E-state index contributed by atoms with van der Waals surface area (Å²) in [5, 5.41) is 2.75. The number of hydrogen-bond donors (Lipinski definition) is 1. The fraction of sp³-hybridized carbons (Fsp3) is 0.143. The Bertz CT molecular complexity index is 566. The van der Waals surface area contributed by atoms with Crippen molar-refractivity contribution in [2.75, 3.05) is 12.4 Å². The van der Waals surface area contributed by atoms with Crippen LogP contribution in [-0.4, -0.2) is 7.11 Å². The van der Waals surface area contributed by atoms with E-state index in [0.717, 1.165) is 5.56 Å². The smallest absolute Gasteiger partial charge is 0.150 e. The molecule has 0 saturated heterocycles. The molecule has 0 aliphatic heterocycles. The van der Waals surface area contributed by atoms with Crippen LogP contribution < -0.4 is 10.1 Å². The van der Waals surface area contributed by atoms with Crippen LogP contribution in [0.2, 0.25) is 0 Å². The van der Waals surface area contributed by atoms with E-state index in [0.29, 0.717) is 10.2 Å². The van der Waals surface area contributed by atoms with Gasteiger partial charge in [-0.15, -0.1) is 0 Å². The standard InChI is InChI=1S/C14H12BrF2NO/c1-19-13-5-3-2-4-9(13)8-18-14-11(16)6-10(15)7-12(14)17/h2-7,18H,8H2,1H3. The van der Waals surface area contributed by atoms with Gasteiger partial charge in [0.25, 0.3) is 0 Å². The normalized spacial score (nSPS) is 10.3. The zero-order valence-electron chi connectivity index (χ0n) is 10.2. The molecule has 2 aromatic rings. The molecule has 1 N–H and O–H groups in total. The third-order valence-corrected chi connectivity index (χ3v) is 3.11. The Morgan fingerprint density at radius 1 is 1.16 bits per heavy atom. The van der Waals surface area contributed by atoms with Gasteiger partial charge in [0.15, 0.2) is 0 Å². The molecule has 0 aromatic heterocycles. The van der Waals surface area contributed by atoms with Crippen LogP contribution in [0.3, 0.4) is 0 Å². The molecule has 0 aliphatic rings. The number of halogens is 3. The van der Waals surface area contributed by atoms with Crippen LogP contribution in [0.1, 0.15) is 5.56 Å². The van der Waals surface area contributed by atoms with Gasteiger partial charge in [0.2, 0.25) is 0 Å². The zero-order chi connectivity index (χ0) is 13.8. The van der Waals surface area contributed by atoms with Gasteiger partial charge in [-0.1, -0.05) is 34.1 Å². The third kappa shape index (κ3) is 3.23. The lowest BCUT2D eigenvalue weighted by atomic mass is 10.2. The van der Waals surface area contributed by atoms with E-state index in [4.69, 9.17) is 4.74 Å². The Balaban J connectivity index is 2.19. The summed E-state index contributed by atoms with van der Waals surface area (Å²) in [6.07, 6.45) is 0. The lowest BCUT2D eigenvalue weighted by Crippen LogP contribution is -2.05. The van der Waals surface area contributed by atoms with Crippen molar-refractivity contribution in [3.63, 3.8) is 0 Å². The van der Waals surface area contributed by atoms with E-state index in [9.17, 15) is 8.78 Å². The van der Waals surface area contributed by atoms with Gasteiger partial charge >= 0.3 is 0 Å². The summed E-state index contributed by atoms with van der Waals surface area (Å²) in [5.41, 5.74) is 0.681. The van der Waals surface area contributed by atoms with E-state index in [1.165, 1.54) is 12.1 Å². The highest BCUT2D eigenvalue weighted by Gasteiger charge is 2.11. The third-order valence-electron chi connectivity index (χ3n) is 2.66. The minimum Gasteiger partial charge on any atom is -0.496 e. The van der Waals surface area contributed by atoms with Crippen molar-refractivity contribution in [2.24, 2.45) is 0 Å². The summed E-state index contributed by atoms with van der Waals surface area (Å²) >= 11 is 3.04. The molecule has 2 nitrogen and oxygen atoms in total. The van der Waals surface area contributed by atoms with E-state index in [-0.39, 0.29) is 12.2 Å². The van der Waals surface area contributed by atoms with Crippen LogP contribution in [0, 0.1) is 11.6 Å². The Labute approximate surface area is 118 Å². The fourth-order valence-electron chi connectivity index (χ4n) is 1.74. The van der Waals surface area contributed by atoms with Crippen LogP contribution in [0.5, 0.6) is 5.75 Å². The van der Waals surface area contributed by atoms with Crippen LogP contribution in [0.25, 0.3) is 0 Å². The number of rotatable bonds is 4. The van der Waals surface area contributed by atoms with Crippen molar-refractivity contribution in [1.29, 1.82) is 0 Å². The molecule has 0 unspecified atom stereocenters. The lowest BCUT2D eigenvalue weighted by molar-refractivity contribution is 0.410. The van der Waals surface area contributed by atoms with E-state index in [2.05, 4.69) is 21.2 Å². The summed E-state index contributed by atoms with van der Waals surface area (Å²) in [6, 6.07) is 9.74. The van der Waals surface area contributed by atoms with Crippen molar-refractivity contribution in [2.45, 2.75) is 6.54 Å². The molecule has 5 heteroatoms. The molecular weight excluding hydrogens is 316 g/mol. The highest BCUT2D eigenvalue weighted by atomic mass is 79.9. The Kier molecular flexibility index (Phi) is 4.37. The van der Waals surface area contributed by atoms with Crippen LogP contribution in [0.15, 0.2) is 40.9 Å². The van der Waals surface area contributed by atoms with Gasteiger partial charge < -0.3 is 10.1 Å². The van der Waals surface area contributed by atoms with Gasteiger partial charge in [-0.3, -0.25) is 0 Å². The number of nitrogens with one attached hydrogen (secondary N) is 1. The molecule has 0 spiro atoms. The van der Waals surface area contributed by atoms with Crippen LogP contribution in [-0.2, 0) is 6.54 Å². The SMILES string of the molecule is COc1ccccc1CNc1c(F)cc(Br)cc1F. The van der Waals surface area contributed by atoms with Crippen LogP contribution in [0.4, 0.5) is 14.5 Å². The average molecular weight is 328 g/mol. The lowest BCUT2D eigenvalue weighted by Gasteiger charge is -2.12. The number of para-hydroxylation sites is 1. The maximum atomic E-state index is 13.6. The van der Waals surface area contributed by atoms with Gasteiger partial charge in [-0.05, 0) is 18.2 Å².